The number of pyridine rings is 1. The van der Waals surface area contributed by atoms with Crippen molar-refractivity contribution in [1.82, 2.24) is 10.3 Å². The van der Waals surface area contributed by atoms with Gasteiger partial charge in [-0.05, 0) is 31.9 Å². The largest absolute Gasteiger partial charge is 0.396 e. The third kappa shape index (κ3) is 3.70. The van der Waals surface area contributed by atoms with E-state index in [-0.39, 0.29) is 18.1 Å². The van der Waals surface area contributed by atoms with Gasteiger partial charge in [-0.3, -0.25) is 9.78 Å². The SMILES string of the molecule is CCC(C)(CCO)Nc1ccnc(C(=O)NC)c1. The Kier molecular flexibility index (Phi) is 5.09. The van der Waals surface area contributed by atoms with E-state index in [1.165, 1.54) is 0 Å². The molecule has 0 aliphatic carbocycles. The molecule has 0 saturated carbocycles. The van der Waals surface area contributed by atoms with Crippen molar-refractivity contribution in [2.24, 2.45) is 0 Å². The van der Waals surface area contributed by atoms with E-state index in [0.717, 1.165) is 12.1 Å². The molecule has 5 nitrogen and oxygen atoms in total. The third-order valence-electron chi connectivity index (χ3n) is 3.11. The van der Waals surface area contributed by atoms with Gasteiger partial charge in [0.05, 0.1) is 0 Å². The van der Waals surface area contributed by atoms with E-state index < -0.39 is 0 Å². The van der Waals surface area contributed by atoms with Crippen molar-refractivity contribution in [3.8, 4) is 0 Å². The minimum Gasteiger partial charge on any atom is -0.396 e. The van der Waals surface area contributed by atoms with Gasteiger partial charge in [0.1, 0.15) is 5.69 Å². The Bertz CT molecular complexity index is 409. The van der Waals surface area contributed by atoms with Gasteiger partial charge in [-0.15, -0.1) is 0 Å². The predicted octanol–water partition coefficient (Wildman–Crippen LogP) is 1.40. The standard InChI is InChI=1S/C13H21N3O2/c1-4-13(2,6-8-17)16-10-5-7-15-11(9-10)12(18)14-3/h5,7,9,17H,4,6,8H2,1-3H3,(H,14,18)(H,15,16). The molecule has 1 atom stereocenters. The molecule has 0 aliphatic rings. The number of amides is 1. The average Bonchev–Trinajstić information content (AvgIpc) is 2.38. The number of carbonyl (C=O) groups excluding carboxylic acids is 1. The molecule has 0 aliphatic heterocycles. The first-order valence-electron chi connectivity index (χ1n) is 6.12. The molecule has 0 bridgehead atoms. The summed E-state index contributed by atoms with van der Waals surface area (Å²) < 4.78 is 0. The summed E-state index contributed by atoms with van der Waals surface area (Å²) in [5.74, 6) is -0.209. The molecule has 5 heteroatoms. The fourth-order valence-corrected chi connectivity index (χ4v) is 1.68. The van der Waals surface area contributed by atoms with E-state index in [1.54, 1.807) is 19.3 Å². The van der Waals surface area contributed by atoms with Gasteiger partial charge in [-0.2, -0.15) is 0 Å². The van der Waals surface area contributed by atoms with Crippen LogP contribution in [0.3, 0.4) is 0 Å². The number of carbonyl (C=O) groups is 1. The Labute approximate surface area is 108 Å². The minimum atomic E-state index is -0.209. The summed E-state index contributed by atoms with van der Waals surface area (Å²) in [6, 6.07) is 3.53. The Morgan fingerprint density at radius 1 is 1.56 bits per heavy atom. The van der Waals surface area contributed by atoms with Crippen LogP contribution >= 0.6 is 0 Å². The molecule has 1 heterocycles. The van der Waals surface area contributed by atoms with Gasteiger partial charge in [-0.1, -0.05) is 6.92 Å². The molecule has 1 aromatic heterocycles. The zero-order chi connectivity index (χ0) is 13.6. The number of nitrogens with zero attached hydrogens (tertiary/aromatic N) is 1. The molecule has 1 unspecified atom stereocenters. The first kappa shape index (κ1) is 14.4. The molecule has 0 saturated heterocycles. The fraction of sp³-hybridized carbons (Fsp3) is 0.538. The van der Waals surface area contributed by atoms with Crippen molar-refractivity contribution in [3.63, 3.8) is 0 Å². The maximum atomic E-state index is 11.5. The van der Waals surface area contributed by atoms with E-state index in [2.05, 4.69) is 22.5 Å². The summed E-state index contributed by atoms with van der Waals surface area (Å²) in [4.78, 5) is 15.5. The maximum Gasteiger partial charge on any atom is 0.269 e. The van der Waals surface area contributed by atoms with Crippen LogP contribution in [0, 0.1) is 0 Å². The summed E-state index contributed by atoms with van der Waals surface area (Å²) in [6.45, 7) is 4.23. The lowest BCUT2D eigenvalue weighted by atomic mass is 9.94. The van der Waals surface area contributed by atoms with Gasteiger partial charge in [-0.25, -0.2) is 0 Å². The smallest absolute Gasteiger partial charge is 0.269 e. The van der Waals surface area contributed by atoms with Crippen molar-refractivity contribution in [1.29, 1.82) is 0 Å². The number of nitrogens with one attached hydrogen (secondary N) is 2. The Morgan fingerprint density at radius 2 is 2.28 bits per heavy atom. The highest BCUT2D eigenvalue weighted by Gasteiger charge is 2.21. The van der Waals surface area contributed by atoms with Crippen LogP contribution in [0.15, 0.2) is 18.3 Å². The number of rotatable bonds is 6. The van der Waals surface area contributed by atoms with Gasteiger partial charge in [0.15, 0.2) is 0 Å². The number of anilines is 1. The van der Waals surface area contributed by atoms with Crippen LogP contribution in [0.4, 0.5) is 5.69 Å². The van der Waals surface area contributed by atoms with Crippen LogP contribution in [0.1, 0.15) is 37.2 Å². The highest BCUT2D eigenvalue weighted by molar-refractivity contribution is 5.92. The van der Waals surface area contributed by atoms with Crippen molar-refractivity contribution in [2.75, 3.05) is 19.0 Å². The monoisotopic (exact) mass is 251 g/mol. The normalized spacial score (nSPS) is 13.8. The quantitative estimate of drug-likeness (QED) is 0.714. The van der Waals surface area contributed by atoms with Crippen molar-refractivity contribution in [3.05, 3.63) is 24.0 Å². The van der Waals surface area contributed by atoms with Crippen molar-refractivity contribution >= 4 is 11.6 Å². The number of aliphatic hydroxyl groups excluding tert-OH is 1. The molecule has 1 rings (SSSR count). The van der Waals surface area contributed by atoms with Crippen LogP contribution in [-0.2, 0) is 0 Å². The van der Waals surface area contributed by atoms with Crippen molar-refractivity contribution in [2.45, 2.75) is 32.2 Å². The molecule has 3 N–H and O–H groups in total. The molecule has 0 radical (unpaired) electrons. The maximum absolute atomic E-state index is 11.5. The lowest BCUT2D eigenvalue weighted by Crippen LogP contribution is -2.35. The van der Waals surface area contributed by atoms with E-state index in [0.29, 0.717) is 12.1 Å². The van der Waals surface area contributed by atoms with Gasteiger partial charge in [0.25, 0.3) is 5.91 Å². The van der Waals surface area contributed by atoms with E-state index >= 15 is 0 Å². The Hall–Kier alpha value is -1.62. The second kappa shape index (κ2) is 6.35. The van der Waals surface area contributed by atoms with Crippen molar-refractivity contribution < 1.29 is 9.90 Å². The van der Waals surface area contributed by atoms with Gasteiger partial charge >= 0.3 is 0 Å². The third-order valence-corrected chi connectivity index (χ3v) is 3.11. The summed E-state index contributed by atoms with van der Waals surface area (Å²) in [7, 11) is 1.58. The van der Waals surface area contributed by atoms with Crippen LogP contribution in [0.2, 0.25) is 0 Å². The fourth-order valence-electron chi connectivity index (χ4n) is 1.68. The highest BCUT2D eigenvalue weighted by atomic mass is 16.3. The first-order chi connectivity index (χ1) is 8.54. The molecule has 1 amide bonds. The summed E-state index contributed by atoms with van der Waals surface area (Å²) >= 11 is 0. The molecule has 0 spiro atoms. The molecular weight excluding hydrogens is 230 g/mol. The Morgan fingerprint density at radius 3 is 2.83 bits per heavy atom. The van der Waals surface area contributed by atoms with Crippen LogP contribution in [0.25, 0.3) is 0 Å². The number of hydrogen-bond donors (Lipinski definition) is 3. The lowest BCUT2D eigenvalue weighted by Gasteiger charge is -2.30. The lowest BCUT2D eigenvalue weighted by molar-refractivity contribution is 0.0958. The Balaban J connectivity index is 2.87. The van der Waals surface area contributed by atoms with E-state index in [4.69, 9.17) is 5.11 Å². The minimum absolute atomic E-state index is 0.130. The number of aromatic nitrogens is 1. The van der Waals surface area contributed by atoms with Crippen LogP contribution in [-0.4, -0.2) is 35.2 Å². The zero-order valence-corrected chi connectivity index (χ0v) is 11.2. The first-order valence-corrected chi connectivity index (χ1v) is 6.12. The molecule has 0 fully saturated rings. The summed E-state index contributed by atoms with van der Waals surface area (Å²) in [5.41, 5.74) is 1.03. The van der Waals surface area contributed by atoms with Crippen LogP contribution in [0.5, 0.6) is 0 Å². The zero-order valence-electron chi connectivity index (χ0n) is 11.2. The van der Waals surface area contributed by atoms with E-state index in [9.17, 15) is 4.79 Å². The molecule has 0 aromatic carbocycles. The molecule has 18 heavy (non-hydrogen) atoms. The number of hydrogen-bond acceptors (Lipinski definition) is 4. The summed E-state index contributed by atoms with van der Waals surface area (Å²) in [6.07, 6.45) is 3.13. The molecule has 1 aromatic rings. The highest BCUT2D eigenvalue weighted by Crippen LogP contribution is 2.21. The van der Waals surface area contributed by atoms with Gasteiger partial charge in [0.2, 0.25) is 0 Å². The second-order valence-corrected chi connectivity index (χ2v) is 4.52. The summed E-state index contributed by atoms with van der Waals surface area (Å²) in [5, 5.41) is 15.0. The average molecular weight is 251 g/mol. The number of aliphatic hydroxyl groups is 1. The molecular formula is C13H21N3O2. The topological polar surface area (TPSA) is 74.2 Å². The predicted molar refractivity (Wildman–Crippen MR) is 71.6 cm³/mol. The van der Waals surface area contributed by atoms with E-state index in [1.807, 2.05) is 13.0 Å². The molecule has 100 valence electrons. The van der Waals surface area contributed by atoms with Gasteiger partial charge in [0, 0.05) is 31.1 Å². The van der Waals surface area contributed by atoms with Gasteiger partial charge < -0.3 is 15.7 Å². The second-order valence-electron chi connectivity index (χ2n) is 4.52. The van der Waals surface area contributed by atoms with Crippen LogP contribution < -0.4 is 10.6 Å².